The van der Waals surface area contributed by atoms with Gasteiger partial charge in [-0.2, -0.15) is 0 Å². The van der Waals surface area contributed by atoms with Crippen LogP contribution < -0.4 is 14.9 Å². The van der Waals surface area contributed by atoms with E-state index in [2.05, 4.69) is 12.1 Å². The Morgan fingerprint density at radius 2 is 1.86 bits per heavy atom. The van der Waals surface area contributed by atoms with Crippen LogP contribution in [0.2, 0.25) is 5.02 Å². The Bertz CT molecular complexity index is 2140. The van der Waals surface area contributed by atoms with E-state index in [9.17, 15) is 14.9 Å². The quantitative estimate of drug-likeness (QED) is 0.170. The first-order valence-electron chi connectivity index (χ1n) is 13.5. The zero-order valence-corrected chi connectivity index (χ0v) is 24.3. The lowest BCUT2D eigenvalue weighted by Crippen LogP contribution is -2.38. The molecule has 0 fully saturated rings. The molecule has 0 amide bonds. The lowest BCUT2D eigenvalue weighted by molar-refractivity contribution is -0.385. The van der Waals surface area contributed by atoms with Gasteiger partial charge in [-0.25, -0.2) is 4.99 Å². The Labute approximate surface area is 249 Å². The number of hydrogen-bond acceptors (Lipinski definition) is 6. The highest BCUT2D eigenvalue weighted by atomic mass is 35.5. The van der Waals surface area contributed by atoms with Crippen molar-refractivity contribution in [2.24, 2.45) is 4.99 Å². The van der Waals surface area contributed by atoms with Crippen LogP contribution in [0.3, 0.4) is 0 Å². The first-order valence-corrected chi connectivity index (χ1v) is 14.7. The van der Waals surface area contributed by atoms with Crippen LogP contribution in [-0.4, -0.2) is 9.49 Å². The number of halogens is 1. The molecule has 3 aromatic carbocycles. The zero-order chi connectivity index (χ0) is 29.1. The molecule has 2 aliphatic rings. The first kappa shape index (κ1) is 26.4. The second-order valence-corrected chi connectivity index (χ2v) is 12.0. The third-order valence-corrected chi connectivity index (χ3v) is 9.31. The summed E-state index contributed by atoms with van der Waals surface area (Å²) in [6.07, 6.45) is 3.40. The molecule has 1 aliphatic heterocycles. The first-order chi connectivity index (χ1) is 20.3. The van der Waals surface area contributed by atoms with Crippen LogP contribution in [0.25, 0.3) is 23.1 Å². The highest BCUT2D eigenvalue weighted by Crippen LogP contribution is 2.41. The fraction of sp³-hybridized carbons (Fsp3) is 0.152. The van der Waals surface area contributed by atoms with E-state index in [1.165, 1.54) is 23.0 Å². The molecule has 2 aromatic heterocycles. The molecule has 1 aliphatic carbocycles. The smallest absolute Gasteiger partial charge is 0.273 e. The molecular weight excluding hydrogens is 570 g/mol. The van der Waals surface area contributed by atoms with Gasteiger partial charge in [-0.1, -0.05) is 59.3 Å². The van der Waals surface area contributed by atoms with Crippen molar-refractivity contribution in [3.63, 3.8) is 0 Å². The summed E-state index contributed by atoms with van der Waals surface area (Å²) in [6, 6.07) is 22.6. The van der Waals surface area contributed by atoms with Crippen LogP contribution in [-0.2, 0) is 6.42 Å². The molecule has 0 bridgehead atoms. The van der Waals surface area contributed by atoms with Gasteiger partial charge >= 0.3 is 0 Å². The SMILES string of the molecule is Cc1cc(-c2ccc(/C=c3/sc4n(c3=O)[C@H](c3ccc(Cl)cc3)C3=C(N=4)c4ccccc4CC3)o2)cc([N+](=O)[O-])c1C. The summed E-state index contributed by atoms with van der Waals surface area (Å²) < 4.78 is 8.35. The molecule has 0 N–H and O–H groups in total. The van der Waals surface area contributed by atoms with Crippen LogP contribution in [0.1, 0.15) is 46.0 Å². The number of nitro groups is 1. The minimum Gasteiger partial charge on any atom is -0.457 e. The number of nitro benzene ring substituents is 1. The summed E-state index contributed by atoms with van der Waals surface area (Å²) in [6.45, 7) is 3.57. The summed E-state index contributed by atoms with van der Waals surface area (Å²) in [7, 11) is 0. The van der Waals surface area contributed by atoms with Crippen LogP contribution in [0.4, 0.5) is 5.69 Å². The van der Waals surface area contributed by atoms with Crippen molar-refractivity contribution in [2.75, 3.05) is 0 Å². The van der Waals surface area contributed by atoms with Crippen molar-refractivity contribution in [1.29, 1.82) is 0 Å². The lowest BCUT2D eigenvalue weighted by Gasteiger charge is -2.30. The standard InChI is InChI=1S/C33H24ClN3O4S/c1-18-15-22(16-27(19(18)2)37(39)40)28-14-12-24(41-28)17-29-32(38)36-31(21-7-10-23(34)11-8-21)26-13-9-20-5-3-4-6-25(20)30(26)35-33(36)42-29/h3-8,10-12,14-17,31H,9,13H2,1-2H3/b29-17+/t31-/m1/s1. The Hall–Kier alpha value is -4.53. The van der Waals surface area contributed by atoms with Gasteiger partial charge in [-0.15, -0.1) is 0 Å². The zero-order valence-electron chi connectivity index (χ0n) is 22.8. The van der Waals surface area contributed by atoms with Crippen LogP contribution in [0.15, 0.2) is 92.6 Å². The largest absolute Gasteiger partial charge is 0.457 e. The van der Waals surface area contributed by atoms with E-state index in [1.54, 1.807) is 29.7 Å². The van der Waals surface area contributed by atoms with E-state index in [4.69, 9.17) is 21.0 Å². The number of furan rings is 1. The van der Waals surface area contributed by atoms with Crippen LogP contribution in [0.5, 0.6) is 0 Å². The highest BCUT2D eigenvalue weighted by Gasteiger charge is 2.32. The normalized spacial score (nSPS) is 16.1. The number of rotatable bonds is 4. The van der Waals surface area contributed by atoms with E-state index < -0.39 is 0 Å². The number of thiazole rings is 1. The number of allylic oxidation sites excluding steroid dienone is 1. The molecule has 7 rings (SSSR count). The van der Waals surface area contributed by atoms with Gasteiger partial charge in [0.25, 0.3) is 11.2 Å². The minimum absolute atomic E-state index is 0.0454. The summed E-state index contributed by atoms with van der Waals surface area (Å²) in [5.74, 6) is 0.972. The van der Waals surface area contributed by atoms with E-state index in [-0.39, 0.29) is 22.2 Å². The summed E-state index contributed by atoms with van der Waals surface area (Å²) >= 11 is 7.54. The van der Waals surface area contributed by atoms with Gasteiger partial charge in [0.1, 0.15) is 11.5 Å². The fourth-order valence-electron chi connectivity index (χ4n) is 5.85. The molecule has 0 spiro atoms. The molecule has 0 saturated carbocycles. The number of hydrogen-bond donors (Lipinski definition) is 0. The third kappa shape index (κ3) is 4.35. The van der Waals surface area contributed by atoms with Crippen molar-refractivity contribution >= 4 is 40.4 Å². The van der Waals surface area contributed by atoms with Crippen molar-refractivity contribution in [3.8, 4) is 11.3 Å². The Balaban J connectivity index is 1.37. The van der Waals surface area contributed by atoms with E-state index in [1.807, 2.05) is 49.4 Å². The monoisotopic (exact) mass is 593 g/mol. The van der Waals surface area contributed by atoms with Crippen LogP contribution >= 0.6 is 22.9 Å². The molecule has 0 saturated heterocycles. The predicted octanol–water partition coefficient (Wildman–Crippen LogP) is 6.76. The number of aryl methyl sites for hydroxylation is 2. The Morgan fingerprint density at radius 3 is 2.64 bits per heavy atom. The topological polar surface area (TPSA) is 90.6 Å². The van der Waals surface area contributed by atoms with E-state index >= 15 is 0 Å². The van der Waals surface area contributed by atoms with Gasteiger partial charge in [0.05, 0.1) is 21.2 Å². The van der Waals surface area contributed by atoms with Crippen molar-refractivity contribution in [3.05, 3.63) is 147 Å². The predicted molar refractivity (Wildman–Crippen MR) is 164 cm³/mol. The maximum Gasteiger partial charge on any atom is 0.273 e. The molecular formula is C33H24ClN3O4S. The van der Waals surface area contributed by atoms with Crippen molar-refractivity contribution in [2.45, 2.75) is 32.7 Å². The van der Waals surface area contributed by atoms with Gasteiger partial charge in [-0.3, -0.25) is 19.5 Å². The molecule has 1 atom stereocenters. The second kappa shape index (κ2) is 10.1. The molecule has 3 heterocycles. The molecule has 208 valence electrons. The summed E-state index contributed by atoms with van der Waals surface area (Å²) in [5, 5.41) is 12.2. The Morgan fingerprint density at radius 1 is 1.07 bits per heavy atom. The van der Waals surface area contributed by atoms with Gasteiger partial charge in [0, 0.05) is 33.9 Å². The summed E-state index contributed by atoms with van der Waals surface area (Å²) in [4.78, 5) is 30.8. The number of aromatic nitrogens is 1. The maximum atomic E-state index is 14.0. The Kier molecular flexibility index (Phi) is 6.33. The molecule has 9 heteroatoms. The molecule has 0 radical (unpaired) electrons. The van der Waals surface area contributed by atoms with Crippen LogP contribution in [0, 0.1) is 24.0 Å². The maximum absolute atomic E-state index is 14.0. The number of nitrogens with zero attached hydrogens (tertiary/aromatic N) is 3. The highest BCUT2D eigenvalue weighted by molar-refractivity contribution is 7.07. The van der Waals surface area contributed by atoms with Gasteiger partial charge in [0.15, 0.2) is 4.80 Å². The average molecular weight is 594 g/mol. The summed E-state index contributed by atoms with van der Waals surface area (Å²) in [5.41, 5.74) is 7.32. The van der Waals surface area contributed by atoms with Crippen molar-refractivity contribution in [1.82, 2.24) is 4.57 Å². The minimum atomic E-state index is -0.383. The van der Waals surface area contributed by atoms with E-state index in [0.717, 1.165) is 40.8 Å². The molecule has 0 unspecified atom stereocenters. The average Bonchev–Trinajstić information content (AvgIpc) is 3.58. The lowest BCUT2D eigenvalue weighted by atomic mass is 9.83. The van der Waals surface area contributed by atoms with E-state index in [0.29, 0.717) is 37.0 Å². The molecule has 5 aromatic rings. The van der Waals surface area contributed by atoms with Gasteiger partial charge in [0.2, 0.25) is 0 Å². The number of benzene rings is 3. The second-order valence-electron chi connectivity index (χ2n) is 10.6. The van der Waals surface area contributed by atoms with Gasteiger partial charge in [-0.05, 0) is 79.3 Å². The molecule has 7 nitrogen and oxygen atoms in total. The fourth-order valence-corrected chi connectivity index (χ4v) is 6.96. The third-order valence-electron chi connectivity index (χ3n) is 8.08. The molecule has 42 heavy (non-hydrogen) atoms. The van der Waals surface area contributed by atoms with Crippen molar-refractivity contribution < 1.29 is 9.34 Å². The number of fused-ring (bicyclic) bond motifs is 3. The van der Waals surface area contributed by atoms with Gasteiger partial charge < -0.3 is 4.42 Å².